The molecule has 1 aliphatic rings. The molecule has 27 heavy (non-hydrogen) atoms. The summed E-state index contributed by atoms with van der Waals surface area (Å²) in [6, 6.07) is 7.86. The van der Waals surface area contributed by atoms with Crippen LogP contribution in [0.3, 0.4) is 0 Å². The number of rotatable bonds is 6. The first kappa shape index (κ1) is 24.2. The molecule has 2 aromatic rings. The Morgan fingerprint density at radius 1 is 1.26 bits per heavy atom. The summed E-state index contributed by atoms with van der Waals surface area (Å²) in [5.74, 6) is 0.883. The maximum Gasteiger partial charge on any atom is 0.251 e. The van der Waals surface area contributed by atoms with Gasteiger partial charge in [0.15, 0.2) is 0 Å². The van der Waals surface area contributed by atoms with Gasteiger partial charge in [-0.05, 0) is 62.5 Å². The molecule has 1 amide bonds. The number of thioether (sulfide) groups is 1. The smallest absolute Gasteiger partial charge is 0.251 e. The fraction of sp³-hybridized carbons (Fsp3) is 0.474. The Kier molecular flexibility index (Phi) is 10.1. The van der Waals surface area contributed by atoms with Gasteiger partial charge in [-0.15, -0.1) is 47.9 Å². The van der Waals surface area contributed by atoms with Crippen LogP contribution in [0.25, 0.3) is 0 Å². The summed E-state index contributed by atoms with van der Waals surface area (Å²) in [4.78, 5) is 18.0. The van der Waals surface area contributed by atoms with Crippen molar-refractivity contribution >= 4 is 53.8 Å². The number of thiazole rings is 1. The van der Waals surface area contributed by atoms with Crippen LogP contribution >= 0.6 is 47.9 Å². The number of aryl methyl sites for hydroxylation is 1. The highest BCUT2D eigenvalue weighted by molar-refractivity contribution is 7.98. The van der Waals surface area contributed by atoms with E-state index in [9.17, 15) is 4.79 Å². The van der Waals surface area contributed by atoms with Crippen molar-refractivity contribution in [2.24, 2.45) is 5.41 Å². The summed E-state index contributed by atoms with van der Waals surface area (Å²) in [5.41, 5.74) is 2.05. The molecular formula is C19H27Cl2N3OS2. The maximum absolute atomic E-state index is 12.4. The Bertz CT molecular complexity index is 716. The number of halogens is 2. The number of amides is 1. The van der Waals surface area contributed by atoms with Crippen LogP contribution in [0.5, 0.6) is 0 Å². The van der Waals surface area contributed by atoms with Crippen molar-refractivity contribution in [1.29, 1.82) is 0 Å². The van der Waals surface area contributed by atoms with Gasteiger partial charge in [-0.1, -0.05) is 6.92 Å². The summed E-state index contributed by atoms with van der Waals surface area (Å²) in [6.45, 7) is 7.10. The fourth-order valence-electron chi connectivity index (χ4n) is 2.94. The van der Waals surface area contributed by atoms with Gasteiger partial charge in [-0.2, -0.15) is 0 Å². The van der Waals surface area contributed by atoms with Gasteiger partial charge < -0.3 is 10.6 Å². The van der Waals surface area contributed by atoms with Gasteiger partial charge in [0.2, 0.25) is 0 Å². The van der Waals surface area contributed by atoms with E-state index in [1.54, 1.807) is 23.1 Å². The zero-order valence-corrected chi connectivity index (χ0v) is 18.9. The van der Waals surface area contributed by atoms with Crippen molar-refractivity contribution in [3.05, 3.63) is 45.9 Å². The van der Waals surface area contributed by atoms with Crippen LogP contribution in [0.1, 0.15) is 40.8 Å². The van der Waals surface area contributed by atoms with E-state index in [0.29, 0.717) is 0 Å². The average molecular weight is 448 g/mol. The molecule has 1 saturated heterocycles. The van der Waals surface area contributed by atoms with Crippen molar-refractivity contribution < 1.29 is 4.79 Å². The van der Waals surface area contributed by atoms with E-state index in [-0.39, 0.29) is 36.1 Å². The molecule has 4 nitrogen and oxygen atoms in total. The second-order valence-corrected chi connectivity index (χ2v) is 9.03. The minimum Gasteiger partial charge on any atom is -0.351 e. The predicted molar refractivity (Wildman–Crippen MR) is 120 cm³/mol. The van der Waals surface area contributed by atoms with Crippen LogP contribution in [-0.2, 0) is 5.75 Å². The highest BCUT2D eigenvalue weighted by Gasteiger charge is 2.27. The predicted octanol–water partition coefficient (Wildman–Crippen LogP) is 4.71. The number of hydrogen-bond donors (Lipinski definition) is 2. The Balaban J connectivity index is 0.00000182. The molecule has 1 aliphatic heterocycles. The standard InChI is InChI=1S/C19H25N3OS2.2ClH/c1-14-22-16(11-24-14)12-25-17-5-3-15(4-6-17)18(23)21-13-19(2)7-9-20-10-8-19;;/h3-6,11,20H,7-10,12-13H2,1-2H3,(H,21,23);2*1H. The summed E-state index contributed by atoms with van der Waals surface area (Å²) >= 11 is 3.43. The number of hydrogen-bond acceptors (Lipinski definition) is 5. The number of nitrogens with zero attached hydrogens (tertiary/aromatic N) is 1. The Labute approximate surface area is 182 Å². The summed E-state index contributed by atoms with van der Waals surface area (Å²) in [7, 11) is 0. The summed E-state index contributed by atoms with van der Waals surface area (Å²) in [6.07, 6.45) is 2.22. The van der Waals surface area contributed by atoms with E-state index in [1.807, 2.05) is 31.2 Å². The van der Waals surface area contributed by atoms with Crippen LogP contribution < -0.4 is 10.6 Å². The Hall–Kier alpha value is -0.790. The minimum absolute atomic E-state index is 0. The number of aromatic nitrogens is 1. The number of piperidine rings is 1. The maximum atomic E-state index is 12.4. The molecule has 0 unspecified atom stereocenters. The van der Waals surface area contributed by atoms with E-state index >= 15 is 0 Å². The monoisotopic (exact) mass is 447 g/mol. The van der Waals surface area contributed by atoms with Gasteiger partial charge >= 0.3 is 0 Å². The minimum atomic E-state index is 0. The van der Waals surface area contributed by atoms with Gasteiger partial charge in [0, 0.05) is 28.1 Å². The number of nitrogens with one attached hydrogen (secondary N) is 2. The molecule has 0 bridgehead atoms. The zero-order chi connectivity index (χ0) is 17.7. The highest BCUT2D eigenvalue weighted by Crippen LogP contribution is 2.27. The van der Waals surface area contributed by atoms with Gasteiger partial charge in [0.05, 0.1) is 10.7 Å². The van der Waals surface area contributed by atoms with Crippen molar-refractivity contribution in [3.8, 4) is 0 Å². The van der Waals surface area contributed by atoms with Crippen molar-refractivity contribution in [2.75, 3.05) is 19.6 Å². The van der Waals surface area contributed by atoms with Crippen LogP contribution in [0.2, 0.25) is 0 Å². The molecule has 1 aromatic carbocycles. The molecule has 3 rings (SSSR count). The van der Waals surface area contributed by atoms with E-state index < -0.39 is 0 Å². The first-order valence-corrected chi connectivity index (χ1v) is 10.5. The second-order valence-electron chi connectivity index (χ2n) is 6.91. The van der Waals surface area contributed by atoms with Gasteiger partial charge in [0.25, 0.3) is 5.91 Å². The Morgan fingerprint density at radius 2 is 1.93 bits per heavy atom. The van der Waals surface area contributed by atoms with Crippen molar-refractivity contribution in [1.82, 2.24) is 15.6 Å². The molecule has 0 radical (unpaired) electrons. The first-order chi connectivity index (χ1) is 12.0. The molecule has 2 N–H and O–H groups in total. The quantitative estimate of drug-likeness (QED) is 0.629. The topological polar surface area (TPSA) is 54.0 Å². The third kappa shape index (κ3) is 7.27. The SMILES string of the molecule is Cc1nc(CSc2ccc(C(=O)NCC3(C)CCNCC3)cc2)cs1.Cl.Cl. The third-order valence-electron chi connectivity index (χ3n) is 4.66. The van der Waals surface area contributed by atoms with Crippen molar-refractivity contribution in [3.63, 3.8) is 0 Å². The lowest BCUT2D eigenvalue weighted by Gasteiger charge is -2.34. The average Bonchev–Trinajstić information content (AvgIpc) is 3.04. The normalized spacial score (nSPS) is 15.3. The lowest BCUT2D eigenvalue weighted by Crippen LogP contribution is -2.42. The van der Waals surface area contributed by atoms with Crippen LogP contribution in [0.4, 0.5) is 0 Å². The first-order valence-electron chi connectivity index (χ1n) is 8.67. The molecule has 150 valence electrons. The Morgan fingerprint density at radius 3 is 2.52 bits per heavy atom. The molecule has 0 spiro atoms. The molecule has 0 atom stereocenters. The fourth-order valence-corrected chi connectivity index (χ4v) is 4.45. The number of carbonyl (C=O) groups excluding carboxylic acids is 1. The lowest BCUT2D eigenvalue weighted by molar-refractivity contribution is 0.0922. The van der Waals surface area contributed by atoms with E-state index in [4.69, 9.17) is 0 Å². The lowest BCUT2D eigenvalue weighted by atomic mass is 9.81. The zero-order valence-electron chi connectivity index (χ0n) is 15.6. The molecule has 2 heterocycles. The third-order valence-corrected chi connectivity index (χ3v) is 6.52. The molecule has 0 saturated carbocycles. The van der Waals surface area contributed by atoms with Crippen LogP contribution in [0.15, 0.2) is 34.5 Å². The molecular weight excluding hydrogens is 421 g/mol. The second kappa shape index (κ2) is 11.3. The van der Waals surface area contributed by atoms with Crippen LogP contribution in [-0.4, -0.2) is 30.5 Å². The summed E-state index contributed by atoms with van der Waals surface area (Å²) < 4.78 is 0. The van der Waals surface area contributed by atoms with E-state index in [0.717, 1.165) is 59.4 Å². The molecule has 1 fully saturated rings. The number of carbonyl (C=O) groups is 1. The largest absolute Gasteiger partial charge is 0.351 e. The van der Waals surface area contributed by atoms with Gasteiger partial charge in [-0.3, -0.25) is 4.79 Å². The van der Waals surface area contributed by atoms with E-state index in [2.05, 4.69) is 27.9 Å². The van der Waals surface area contributed by atoms with Crippen molar-refractivity contribution in [2.45, 2.75) is 37.3 Å². The highest BCUT2D eigenvalue weighted by atomic mass is 35.5. The molecule has 8 heteroatoms. The van der Waals surface area contributed by atoms with Gasteiger partial charge in [-0.25, -0.2) is 4.98 Å². The van der Waals surface area contributed by atoms with Gasteiger partial charge in [0.1, 0.15) is 0 Å². The summed E-state index contributed by atoms with van der Waals surface area (Å²) in [5, 5.41) is 9.68. The molecule has 1 aromatic heterocycles. The van der Waals surface area contributed by atoms with E-state index in [1.165, 1.54) is 0 Å². The van der Waals surface area contributed by atoms with Crippen LogP contribution in [0, 0.1) is 12.3 Å². The number of benzene rings is 1. The molecule has 0 aliphatic carbocycles.